The summed E-state index contributed by atoms with van der Waals surface area (Å²) in [5, 5.41) is 8.31. The maximum atomic E-state index is 10.8. The largest absolute Gasteiger partial charge is 0.331 e. The first kappa shape index (κ1) is 12.4. The molecule has 0 aromatic heterocycles. The minimum absolute atomic E-state index is 0.425. The molecule has 0 spiro atoms. The summed E-state index contributed by atoms with van der Waals surface area (Å²) < 4.78 is 0. The topological polar surface area (TPSA) is 38.7 Å². The normalized spacial score (nSPS) is 11.2. The summed E-state index contributed by atoms with van der Waals surface area (Å²) in [6.45, 7) is 1.33. The molecule has 3 aromatic rings. The minimum Gasteiger partial charge on any atom is -0.319 e. The van der Waals surface area contributed by atoms with Crippen molar-refractivity contribution >= 4 is 33.7 Å². The first-order valence-corrected chi connectivity index (χ1v) is 6.37. The van der Waals surface area contributed by atoms with Crippen LogP contribution in [-0.4, -0.2) is 12.2 Å². The van der Waals surface area contributed by atoms with E-state index in [1.54, 1.807) is 6.21 Å². The summed E-state index contributed by atoms with van der Waals surface area (Å²) in [6, 6.07) is 18.4. The molecule has 3 nitrogen and oxygen atoms in total. The molecule has 0 amide bonds. The molecule has 3 heteroatoms. The number of hydrogen-bond acceptors (Lipinski definition) is 3. The van der Waals surface area contributed by atoms with E-state index in [0.29, 0.717) is 0 Å². The van der Waals surface area contributed by atoms with Crippen LogP contribution < -0.4 is 0 Å². The SMILES string of the molecule is CC(=O)O/N=C\c1cc2ccccc2c2ccccc12. The van der Waals surface area contributed by atoms with Crippen molar-refractivity contribution in [1.82, 2.24) is 0 Å². The second-order valence-electron chi connectivity index (χ2n) is 4.55. The van der Waals surface area contributed by atoms with Gasteiger partial charge in [-0.15, -0.1) is 0 Å². The van der Waals surface area contributed by atoms with Crippen molar-refractivity contribution in [2.45, 2.75) is 6.92 Å². The van der Waals surface area contributed by atoms with Crippen molar-refractivity contribution in [2.24, 2.45) is 5.16 Å². The van der Waals surface area contributed by atoms with Crippen molar-refractivity contribution < 1.29 is 9.63 Å². The maximum absolute atomic E-state index is 10.8. The molecule has 0 N–H and O–H groups in total. The Balaban J connectivity index is 2.24. The van der Waals surface area contributed by atoms with Crippen LogP contribution >= 0.6 is 0 Å². The van der Waals surface area contributed by atoms with Crippen molar-refractivity contribution in [3.05, 3.63) is 60.2 Å². The number of oxime groups is 1. The third kappa shape index (κ3) is 2.26. The highest BCUT2D eigenvalue weighted by Gasteiger charge is 2.04. The molecule has 20 heavy (non-hydrogen) atoms. The summed E-state index contributed by atoms with van der Waals surface area (Å²) in [5.41, 5.74) is 0.931. The van der Waals surface area contributed by atoms with Crippen molar-refractivity contribution in [3.63, 3.8) is 0 Å². The lowest BCUT2D eigenvalue weighted by atomic mass is 9.98. The number of carbonyl (C=O) groups excluding carboxylic acids is 1. The molecule has 0 aliphatic carbocycles. The number of hydrogen-bond donors (Lipinski definition) is 0. The Morgan fingerprint density at radius 3 is 2.40 bits per heavy atom. The van der Waals surface area contributed by atoms with Gasteiger partial charge in [-0.25, -0.2) is 4.79 Å². The van der Waals surface area contributed by atoms with Crippen LogP contribution in [0.2, 0.25) is 0 Å². The van der Waals surface area contributed by atoms with Crippen LogP contribution in [-0.2, 0) is 9.63 Å². The second-order valence-corrected chi connectivity index (χ2v) is 4.55. The summed E-state index contributed by atoms with van der Waals surface area (Å²) in [6.07, 6.45) is 1.58. The highest BCUT2D eigenvalue weighted by molar-refractivity contribution is 6.14. The highest BCUT2D eigenvalue weighted by Crippen LogP contribution is 2.27. The first-order valence-electron chi connectivity index (χ1n) is 6.37. The van der Waals surface area contributed by atoms with Gasteiger partial charge in [0.15, 0.2) is 0 Å². The predicted molar refractivity (Wildman–Crippen MR) is 80.8 cm³/mol. The molecule has 0 aliphatic heterocycles. The zero-order valence-corrected chi connectivity index (χ0v) is 11.0. The van der Waals surface area contributed by atoms with E-state index in [4.69, 9.17) is 0 Å². The van der Waals surface area contributed by atoms with Gasteiger partial charge >= 0.3 is 5.97 Å². The average molecular weight is 263 g/mol. The van der Waals surface area contributed by atoms with Crippen LogP contribution in [0.5, 0.6) is 0 Å². The van der Waals surface area contributed by atoms with Crippen LogP contribution in [0.25, 0.3) is 21.5 Å². The zero-order valence-electron chi connectivity index (χ0n) is 11.0. The van der Waals surface area contributed by atoms with Crippen molar-refractivity contribution in [1.29, 1.82) is 0 Å². The fourth-order valence-electron chi connectivity index (χ4n) is 2.35. The number of carbonyl (C=O) groups is 1. The first-order chi connectivity index (χ1) is 9.75. The molecule has 0 atom stereocenters. The standard InChI is InChI=1S/C17H13NO2/c1-12(19)20-18-11-14-10-13-6-2-3-7-15(13)17-9-5-4-8-16(14)17/h2-11H,1H3/b18-11-. The Morgan fingerprint density at radius 2 is 1.65 bits per heavy atom. The maximum Gasteiger partial charge on any atom is 0.331 e. The third-order valence-corrected chi connectivity index (χ3v) is 3.17. The number of nitrogens with zero attached hydrogens (tertiary/aromatic N) is 1. The van der Waals surface area contributed by atoms with Gasteiger partial charge in [0, 0.05) is 12.5 Å². The van der Waals surface area contributed by atoms with Gasteiger partial charge < -0.3 is 4.84 Å². The smallest absolute Gasteiger partial charge is 0.319 e. The Bertz CT molecular complexity index is 821. The second kappa shape index (κ2) is 5.13. The van der Waals surface area contributed by atoms with Crippen LogP contribution in [0.15, 0.2) is 59.8 Å². The molecule has 3 rings (SSSR count). The zero-order chi connectivity index (χ0) is 13.9. The Morgan fingerprint density at radius 1 is 1.00 bits per heavy atom. The molecule has 3 aromatic carbocycles. The van der Waals surface area contributed by atoms with Gasteiger partial charge in [-0.2, -0.15) is 0 Å². The van der Waals surface area contributed by atoms with E-state index in [-0.39, 0.29) is 0 Å². The molecule has 98 valence electrons. The van der Waals surface area contributed by atoms with Gasteiger partial charge in [0.25, 0.3) is 0 Å². The van der Waals surface area contributed by atoms with Crippen molar-refractivity contribution in [3.8, 4) is 0 Å². The van der Waals surface area contributed by atoms with E-state index in [0.717, 1.165) is 21.7 Å². The Hall–Kier alpha value is -2.68. The van der Waals surface area contributed by atoms with Gasteiger partial charge in [-0.1, -0.05) is 53.7 Å². The lowest BCUT2D eigenvalue weighted by Crippen LogP contribution is -1.93. The van der Waals surface area contributed by atoms with E-state index in [1.807, 2.05) is 36.4 Å². The monoisotopic (exact) mass is 263 g/mol. The fraction of sp³-hybridized carbons (Fsp3) is 0.0588. The quantitative estimate of drug-likeness (QED) is 0.304. The lowest BCUT2D eigenvalue weighted by Gasteiger charge is -2.07. The molecular weight excluding hydrogens is 250 g/mol. The molecule has 0 unspecified atom stereocenters. The fourth-order valence-corrected chi connectivity index (χ4v) is 2.35. The Kier molecular flexibility index (Phi) is 3.17. The van der Waals surface area contributed by atoms with Gasteiger partial charge in [-0.05, 0) is 27.6 Å². The average Bonchev–Trinajstić information content (AvgIpc) is 2.47. The third-order valence-electron chi connectivity index (χ3n) is 3.17. The summed E-state index contributed by atoms with van der Waals surface area (Å²) in [4.78, 5) is 15.4. The van der Waals surface area contributed by atoms with Gasteiger partial charge in [-0.3, -0.25) is 0 Å². The summed E-state index contributed by atoms with van der Waals surface area (Å²) in [5.74, 6) is -0.425. The number of benzene rings is 3. The van der Waals surface area contributed by atoms with Gasteiger partial charge in [0.05, 0.1) is 6.21 Å². The van der Waals surface area contributed by atoms with Crippen LogP contribution in [0.3, 0.4) is 0 Å². The van der Waals surface area contributed by atoms with Gasteiger partial charge in [0.1, 0.15) is 0 Å². The molecule has 0 saturated heterocycles. The number of rotatable bonds is 2. The molecule has 0 aliphatic rings. The number of fused-ring (bicyclic) bond motifs is 3. The van der Waals surface area contributed by atoms with Crippen LogP contribution in [0.1, 0.15) is 12.5 Å². The molecule has 0 heterocycles. The van der Waals surface area contributed by atoms with E-state index >= 15 is 0 Å². The van der Waals surface area contributed by atoms with E-state index in [1.165, 1.54) is 12.3 Å². The molecule has 0 fully saturated rings. The van der Waals surface area contributed by atoms with E-state index < -0.39 is 5.97 Å². The predicted octanol–water partition coefficient (Wildman–Crippen LogP) is 3.89. The molecule has 0 saturated carbocycles. The molecular formula is C17H13NO2. The van der Waals surface area contributed by atoms with Gasteiger partial charge in [0.2, 0.25) is 0 Å². The molecule has 0 bridgehead atoms. The van der Waals surface area contributed by atoms with E-state index in [2.05, 4.69) is 28.2 Å². The highest BCUT2D eigenvalue weighted by atomic mass is 16.7. The van der Waals surface area contributed by atoms with Crippen LogP contribution in [0.4, 0.5) is 0 Å². The summed E-state index contributed by atoms with van der Waals surface area (Å²) >= 11 is 0. The van der Waals surface area contributed by atoms with Crippen molar-refractivity contribution in [2.75, 3.05) is 0 Å². The van der Waals surface area contributed by atoms with E-state index in [9.17, 15) is 4.79 Å². The molecule has 0 radical (unpaired) electrons. The van der Waals surface area contributed by atoms with Crippen LogP contribution in [0, 0.1) is 0 Å². The lowest BCUT2D eigenvalue weighted by molar-refractivity contribution is -0.140. The summed E-state index contributed by atoms with van der Waals surface area (Å²) in [7, 11) is 0. The Labute approximate surface area is 116 Å². The minimum atomic E-state index is -0.425.